The van der Waals surface area contributed by atoms with E-state index in [1.54, 1.807) is 12.1 Å². The van der Waals surface area contributed by atoms with Crippen LogP contribution in [0, 0.1) is 17.4 Å². The van der Waals surface area contributed by atoms with Gasteiger partial charge < -0.3 is 4.42 Å². The minimum Gasteiger partial charge on any atom is -0.402 e. The van der Waals surface area contributed by atoms with Gasteiger partial charge in [-0.15, -0.1) is 16.4 Å². The topological polar surface area (TPSA) is 80.9 Å². The Bertz CT molecular complexity index is 843. The van der Waals surface area contributed by atoms with Crippen LogP contribution in [0.1, 0.15) is 21.1 Å². The minimum atomic E-state index is -0.280. The van der Waals surface area contributed by atoms with Crippen molar-refractivity contribution < 1.29 is 9.21 Å². The Morgan fingerprint density at radius 3 is 2.73 bits per heavy atom. The van der Waals surface area contributed by atoms with Gasteiger partial charge in [0.15, 0.2) is 0 Å². The number of hydrogen-bond acceptors (Lipinski definition) is 6. The molecule has 6 nitrogen and oxygen atoms in total. The molecule has 0 aliphatic rings. The van der Waals surface area contributed by atoms with E-state index in [0.29, 0.717) is 11.5 Å². The summed E-state index contributed by atoms with van der Waals surface area (Å²) in [5.41, 5.74) is 1.40. The zero-order valence-electron chi connectivity index (χ0n) is 11.8. The number of anilines is 1. The highest BCUT2D eigenvalue weighted by molar-refractivity contribution is 14.1. The van der Waals surface area contributed by atoms with Crippen molar-refractivity contribution in [2.75, 3.05) is 5.32 Å². The number of aromatic nitrogens is 3. The molecule has 2 heterocycles. The Morgan fingerprint density at radius 2 is 2.05 bits per heavy atom. The number of halogens is 1. The number of nitrogens with one attached hydrogen (secondary N) is 1. The molecule has 2 aromatic heterocycles. The third-order valence-corrected chi connectivity index (χ3v) is 4.86. The van der Waals surface area contributed by atoms with Crippen molar-refractivity contribution >= 4 is 45.8 Å². The van der Waals surface area contributed by atoms with E-state index >= 15 is 0 Å². The number of rotatable bonds is 3. The Balaban J connectivity index is 1.82. The molecule has 3 aromatic rings. The van der Waals surface area contributed by atoms with Gasteiger partial charge in [-0.2, -0.15) is 0 Å². The molecular formula is C14H11IN4O2S. The lowest BCUT2D eigenvalue weighted by molar-refractivity contribution is 0.102. The van der Waals surface area contributed by atoms with Gasteiger partial charge in [-0.3, -0.25) is 10.1 Å². The molecule has 0 atom stereocenters. The van der Waals surface area contributed by atoms with Gasteiger partial charge in [0.1, 0.15) is 4.88 Å². The van der Waals surface area contributed by atoms with Gasteiger partial charge in [-0.25, -0.2) is 4.98 Å². The summed E-state index contributed by atoms with van der Waals surface area (Å²) in [5, 5.41) is 11.4. The predicted octanol–water partition coefficient (Wildman–Crippen LogP) is 3.67. The molecular weight excluding hydrogens is 415 g/mol. The second-order valence-electron chi connectivity index (χ2n) is 4.49. The maximum Gasteiger partial charge on any atom is 0.322 e. The Labute approximate surface area is 144 Å². The van der Waals surface area contributed by atoms with Gasteiger partial charge in [0, 0.05) is 3.57 Å². The summed E-state index contributed by atoms with van der Waals surface area (Å²) < 4.78 is 6.36. The molecule has 3 rings (SSSR count). The van der Waals surface area contributed by atoms with E-state index < -0.39 is 0 Å². The molecule has 0 bridgehead atoms. The first-order chi connectivity index (χ1) is 10.5. The van der Waals surface area contributed by atoms with Crippen LogP contribution < -0.4 is 5.32 Å². The van der Waals surface area contributed by atoms with Crippen LogP contribution in [0.15, 0.2) is 28.7 Å². The summed E-state index contributed by atoms with van der Waals surface area (Å²) in [6.07, 6.45) is 0. The fourth-order valence-electron chi connectivity index (χ4n) is 1.91. The molecule has 0 saturated carbocycles. The second-order valence-corrected chi connectivity index (χ2v) is 6.86. The van der Waals surface area contributed by atoms with Crippen molar-refractivity contribution in [1.29, 1.82) is 0 Å². The van der Waals surface area contributed by atoms with Gasteiger partial charge >= 0.3 is 6.01 Å². The molecule has 22 heavy (non-hydrogen) atoms. The highest BCUT2D eigenvalue weighted by Gasteiger charge is 2.17. The lowest BCUT2D eigenvalue weighted by atomic mass is 10.2. The van der Waals surface area contributed by atoms with Crippen LogP contribution in [0.4, 0.5) is 6.01 Å². The highest BCUT2D eigenvalue weighted by Crippen LogP contribution is 2.29. The zero-order chi connectivity index (χ0) is 15.7. The number of aryl methyl sites for hydroxylation is 2. The number of amides is 1. The number of carbonyl (C=O) groups excluding carboxylic acids is 1. The van der Waals surface area contributed by atoms with Crippen molar-refractivity contribution in [2.45, 2.75) is 13.8 Å². The van der Waals surface area contributed by atoms with Crippen LogP contribution in [0.2, 0.25) is 0 Å². The van der Waals surface area contributed by atoms with E-state index in [2.05, 4.69) is 43.1 Å². The van der Waals surface area contributed by atoms with E-state index in [4.69, 9.17) is 4.42 Å². The zero-order valence-corrected chi connectivity index (χ0v) is 14.7. The molecule has 0 spiro atoms. The SMILES string of the molecule is Cc1nc(C)c(-c2nnc(NC(=O)c3ccccc3I)o2)s1. The Kier molecular flexibility index (Phi) is 4.21. The fourth-order valence-corrected chi connectivity index (χ4v) is 3.38. The third-order valence-electron chi connectivity index (χ3n) is 2.86. The van der Waals surface area contributed by atoms with Gasteiger partial charge in [-0.05, 0) is 48.6 Å². The normalized spacial score (nSPS) is 10.7. The van der Waals surface area contributed by atoms with E-state index in [0.717, 1.165) is 19.1 Å². The molecule has 8 heteroatoms. The molecule has 0 unspecified atom stereocenters. The van der Waals surface area contributed by atoms with E-state index in [9.17, 15) is 4.79 Å². The molecule has 1 N–H and O–H groups in total. The number of carbonyl (C=O) groups is 1. The van der Waals surface area contributed by atoms with Crippen molar-refractivity contribution in [2.24, 2.45) is 0 Å². The second kappa shape index (κ2) is 6.13. The van der Waals surface area contributed by atoms with Crippen LogP contribution in [0.3, 0.4) is 0 Å². The summed E-state index contributed by atoms with van der Waals surface area (Å²) in [6.45, 7) is 3.80. The first-order valence-corrected chi connectivity index (χ1v) is 8.28. The molecule has 0 radical (unpaired) electrons. The molecule has 1 aromatic carbocycles. The number of nitrogens with zero attached hydrogens (tertiary/aromatic N) is 3. The standard InChI is InChI=1S/C14H11IN4O2S/c1-7-11(22-8(2)16-7)13-18-19-14(21-13)17-12(20)9-5-3-4-6-10(9)15/h3-6H,1-2H3,(H,17,19,20). The van der Waals surface area contributed by atoms with Crippen LogP contribution in [0.25, 0.3) is 10.8 Å². The summed E-state index contributed by atoms with van der Waals surface area (Å²) in [5.74, 6) is 0.0820. The molecule has 1 amide bonds. The lowest BCUT2D eigenvalue weighted by Gasteiger charge is -2.02. The fraction of sp³-hybridized carbons (Fsp3) is 0.143. The number of thiazole rings is 1. The van der Waals surface area contributed by atoms with Crippen molar-refractivity contribution in [3.8, 4) is 10.8 Å². The van der Waals surface area contributed by atoms with Crippen LogP contribution in [0.5, 0.6) is 0 Å². The van der Waals surface area contributed by atoms with Gasteiger partial charge in [-0.1, -0.05) is 17.2 Å². The van der Waals surface area contributed by atoms with E-state index in [1.165, 1.54) is 11.3 Å². The van der Waals surface area contributed by atoms with E-state index in [1.807, 2.05) is 26.0 Å². The van der Waals surface area contributed by atoms with Crippen molar-refractivity contribution in [3.05, 3.63) is 44.1 Å². The molecule has 112 valence electrons. The minimum absolute atomic E-state index is 0.0742. The quantitative estimate of drug-likeness (QED) is 0.647. The molecule has 0 fully saturated rings. The maximum absolute atomic E-state index is 12.2. The highest BCUT2D eigenvalue weighted by atomic mass is 127. The van der Waals surface area contributed by atoms with Crippen LogP contribution in [-0.2, 0) is 0 Å². The average Bonchev–Trinajstić information content (AvgIpc) is 3.05. The van der Waals surface area contributed by atoms with Crippen LogP contribution in [-0.4, -0.2) is 21.1 Å². The summed E-state index contributed by atoms with van der Waals surface area (Å²) >= 11 is 3.58. The maximum atomic E-state index is 12.2. The third kappa shape index (κ3) is 3.02. The first kappa shape index (κ1) is 15.1. The van der Waals surface area contributed by atoms with Gasteiger partial charge in [0.25, 0.3) is 11.8 Å². The number of hydrogen-bond donors (Lipinski definition) is 1. The Hall–Kier alpha value is -1.81. The van der Waals surface area contributed by atoms with Crippen molar-refractivity contribution in [1.82, 2.24) is 15.2 Å². The molecule has 0 aliphatic carbocycles. The predicted molar refractivity (Wildman–Crippen MR) is 92.0 cm³/mol. The first-order valence-electron chi connectivity index (χ1n) is 6.38. The lowest BCUT2D eigenvalue weighted by Crippen LogP contribution is -2.13. The van der Waals surface area contributed by atoms with E-state index in [-0.39, 0.29) is 11.9 Å². The number of benzene rings is 1. The largest absolute Gasteiger partial charge is 0.402 e. The monoisotopic (exact) mass is 426 g/mol. The average molecular weight is 426 g/mol. The summed E-state index contributed by atoms with van der Waals surface area (Å²) in [4.78, 5) is 17.3. The molecule has 0 aliphatic heterocycles. The van der Waals surface area contributed by atoms with Gasteiger partial charge in [0.2, 0.25) is 0 Å². The smallest absolute Gasteiger partial charge is 0.322 e. The van der Waals surface area contributed by atoms with Crippen LogP contribution >= 0.6 is 33.9 Å². The van der Waals surface area contributed by atoms with Gasteiger partial charge in [0.05, 0.1) is 16.3 Å². The molecule has 0 saturated heterocycles. The summed E-state index contributed by atoms with van der Waals surface area (Å²) in [6, 6.07) is 7.35. The Morgan fingerprint density at radius 1 is 1.27 bits per heavy atom. The van der Waals surface area contributed by atoms with Crippen molar-refractivity contribution in [3.63, 3.8) is 0 Å². The summed E-state index contributed by atoms with van der Waals surface area (Å²) in [7, 11) is 0.